The van der Waals surface area contributed by atoms with Gasteiger partial charge in [0, 0.05) is 23.3 Å². The summed E-state index contributed by atoms with van der Waals surface area (Å²) in [4.78, 5) is 10.4. The molecule has 0 atom stereocenters. The van der Waals surface area contributed by atoms with Crippen molar-refractivity contribution in [3.63, 3.8) is 0 Å². The van der Waals surface area contributed by atoms with Crippen LogP contribution in [0, 0.1) is 30.9 Å². The summed E-state index contributed by atoms with van der Waals surface area (Å²) in [6.07, 6.45) is 0. The summed E-state index contributed by atoms with van der Waals surface area (Å²) < 4.78 is 2.10. The Morgan fingerprint density at radius 3 is 2.48 bits per heavy atom. The number of non-ortho nitro benzene ring substituents is 1. The molecule has 2 heterocycles. The SMILES string of the molecule is Cc1cc(C)c2c(c1)c(C)cc1nnc(SCc3ccc([N+](=O)[O-])cc3)n12. The van der Waals surface area contributed by atoms with Crippen molar-refractivity contribution >= 4 is 34.0 Å². The number of rotatable bonds is 4. The molecule has 0 fully saturated rings. The van der Waals surface area contributed by atoms with E-state index in [-0.39, 0.29) is 10.6 Å². The second kappa shape index (κ2) is 6.66. The second-order valence-electron chi connectivity index (χ2n) is 6.69. The molecule has 0 radical (unpaired) electrons. The number of benzene rings is 2. The fraction of sp³-hybridized carbons (Fsp3) is 0.200. The Hall–Kier alpha value is -2.93. The molecule has 0 unspecified atom stereocenters. The van der Waals surface area contributed by atoms with Crippen LogP contribution in [0.25, 0.3) is 16.6 Å². The maximum absolute atomic E-state index is 10.8. The van der Waals surface area contributed by atoms with Crippen LogP contribution in [0.4, 0.5) is 5.69 Å². The average Bonchev–Trinajstić information content (AvgIpc) is 3.02. The van der Waals surface area contributed by atoms with Crippen LogP contribution in [-0.2, 0) is 5.75 Å². The van der Waals surface area contributed by atoms with Gasteiger partial charge in [0.05, 0.1) is 10.4 Å². The molecule has 0 aliphatic rings. The highest BCUT2D eigenvalue weighted by atomic mass is 32.2. The van der Waals surface area contributed by atoms with Gasteiger partial charge >= 0.3 is 0 Å². The van der Waals surface area contributed by atoms with Gasteiger partial charge in [0.1, 0.15) is 0 Å². The van der Waals surface area contributed by atoms with Crippen LogP contribution in [0.3, 0.4) is 0 Å². The molecule has 27 heavy (non-hydrogen) atoms. The minimum absolute atomic E-state index is 0.101. The van der Waals surface area contributed by atoms with E-state index < -0.39 is 0 Å². The number of nitro benzene ring substituents is 1. The Morgan fingerprint density at radius 2 is 1.78 bits per heavy atom. The highest BCUT2D eigenvalue weighted by molar-refractivity contribution is 7.98. The van der Waals surface area contributed by atoms with Gasteiger partial charge in [0.2, 0.25) is 0 Å². The lowest BCUT2D eigenvalue weighted by atomic mass is 10.0. The zero-order valence-corrected chi connectivity index (χ0v) is 16.1. The molecule has 2 aromatic heterocycles. The molecule has 6 nitrogen and oxygen atoms in total. The number of fused-ring (bicyclic) bond motifs is 3. The fourth-order valence-electron chi connectivity index (χ4n) is 3.37. The van der Waals surface area contributed by atoms with Gasteiger partial charge in [-0.05, 0) is 49.6 Å². The zero-order valence-electron chi connectivity index (χ0n) is 15.3. The maximum Gasteiger partial charge on any atom is 0.269 e. The van der Waals surface area contributed by atoms with Crippen molar-refractivity contribution in [1.29, 1.82) is 0 Å². The number of aromatic nitrogens is 3. The standard InChI is InChI=1S/C20H18N4O2S/c1-12-8-14(3)19-17(9-12)13(2)10-18-21-22-20(23(18)19)27-11-15-4-6-16(7-5-15)24(25)26/h4-10H,11H2,1-3H3. The molecule has 7 heteroatoms. The predicted molar refractivity (Wildman–Crippen MR) is 107 cm³/mol. The number of aryl methyl sites for hydroxylation is 3. The molecule has 0 spiro atoms. The van der Waals surface area contributed by atoms with Crippen molar-refractivity contribution < 1.29 is 4.92 Å². The zero-order chi connectivity index (χ0) is 19.1. The van der Waals surface area contributed by atoms with Crippen molar-refractivity contribution in [2.24, 2.45) is 0 Å². The normalized spacial score (nSPS) is 11.4. The largest absolute Gasteiger partial charge is 0.270 e. The smallest absolute Gasteiger partial charge is 0.269 e. The molecule has 0 saturated carbocycles. The first-order chi connectivity index (χ1) is 12.9. The molecule has 4 aromatic rings. The summed E-state index contributed by atoms with van der Waals surface area (Å²) >= 11 is 1.58. The maximum atomic E-state index is 10.8. The van der Waals surface area contributed by atoms with Crippen LogP contribution in [-0.4, -0.2) is 19.5 Å². The Labute approximate surface area is 160 Å². The van der Waals surface area contributed by atoms with Crippen LogP contribution in [0.15, 0.2) is 47.6 Å². The molecule has 0 bridgehead atoms. The fourth-order valence-corrected chi connectivity index (χ4v) is 4.27. The monoisotopic (exact) mass is 378 g/mol. The lowest BCUT2D eigenvalue weighted by molar-refractivity contribution is -0.384. The third kappa shape index (κ3) is 3.14. The molecule has 4 rings (SSSR count). The summed E-state index contributed by atoms with van der Waals surface area (Å²) in [5.41, 5.74) is 6.68. The highest BCUT2D eigenvalue weighted by Crippen LogP contribution is 2.30. The van der Waals surface area contributed by atoms with Gasteiger partial charge in [-0.25, -0.2) is 0 Å². The number of nitro groups is 1. The van der Waals surface area contributed by atoms with E-state index in [0.717, 1.165) is 21.9 Å². The van der Waals surface area contributed by atoms with E-state index in [1.54, 1.807) is 23.9 Å². The molecule has 0 N–H and O–H groups in total. The first kappa shape index (κ1) is 17.5. The van der Waals surface area contributed by atoms with Gasteiger partial charge in [0.15, 0.2) is 10.8 Å². The topological polar surface area (TPSA) is 73.3 Å². The molecule has 0 aliphatic heterocycles. The van der Waals surface area contributed by atoms with E-state index in [1.165, 1.54) is 34.2 Å². The van der Waals surface area contributed by atoms with Gasteiger partial charge in [-0.3, -0.25) is 14.5 Å². The van der Waals surface area contributed by atoms with E-state index in [0.29, 0.717) is 5.75 Å². The van der Waals surface area contributed by atoms with Crippen molar-refractivity contribution in [2.75, 3.05) is 0 Å². The number of nitrogens with zero attached hydrogens (tertiary/aromatic N) is 4. The van der Waals surface area contributed by atoms with E-state index in [9.17, 15) is 10.1 Å². The van der Waals surface area contributed by atoms with E-state index in [2.05, 4.69) is 53.6 Å². The van der Waals surface area contributed by atoms with Gasteiger partial charge in [-0.2, -0.15) is 0 Å². The minimum Gasteiger partial charge on any atom is -0.270 e. The molecular weight excluding hydrogens is 360 g/mol. The van der Waals surface area contributed by atoms with Gasteiger partial charge in [-0.15, -0.1) is 10.2 Å². The van der Waals surface area contributed by atoms with Crippen LogP contribution >= 0.6 is 11.8 Å². The van der Waals surface area contributed by atoms with Gasteiger partial charge in [0.25, 0.3) is 5.69 Å². The first-order valence-corrected chi connectivity index (χ1v) is 9.54. The first-order valence-electron chi connectivity index (χ1n) is 8.56. The predicted octanol–water partition coefficient (Wildman–Crippen LogP) is 5.01. The summed E-state index contributed by atoms with van der Waals surface area (Å²) in [7, 11) is 0. The molecule has 0 saturated heterocycles. The molecular formula is C20H18N4O2S. The molecule has 0 amide bonds. The number of hydrogen-bond donors (Lipinski definition) is 0. The van der Waals surface area contributed by atoms with Crippen molar-refractivity contribution in [2.45, 2.75) is 31.7 Å². The second-order valence-corrected chi connectivity index (χ2v) is 7.64. The van der Waals surface area contributed by atoms with E-state index in [4.69, 9.17) is 0 Å². The van der Waals surface area contributed by atoms with Crippen molar-refractivity contribution in [3.8, 4) is 0 Å². The highest BCUT2D eigenvalue weighted by Gasteiger charge is 2.14. The van der Waals surface area contributed by atoms with Gasteiger partial charge in [-0.1, -0.05) is 35.5 Å². The average molecular weight is 378 g/mol. The number of pyridine rings is 1. The van der Waals surface area contributed by atoms with Crippen LogP contribution in [0.5, 0.6) is 0 Å². The summed E-state index contributed by atoms with van der Waals surface area (Å²) in [6, 6.07) is 13.1. The minimum atomic E-state index is -0.387. The lowest BCUT2D eigenvalue weighted by Crippen LogP contribution is -1.97. The van der Waals surface area contributed by atoms with Crippen LogP contribution in [0.1, 0.15) is 22.3 Å². The lowest BCUT2D eigenvalue weighted by Gasteiger charge is -2.11. The third-order valence-corrected chi connectivity index (χ3v) is 5.61. The van der Waals surface area contributed by atoms with E-state index >= 15 is 0 Å². The van der Waals surface area contributed by atoms with Crippen LogP contribution < -0.4 is 0 Å². The van der Waals surface area contributed by atoms with Crippen molar-refractivity contribution in [3.05, 3.63) is 74.8 Å². The number of hydrogen-bond acceptors (Lipinski definition) is 5. The van der Waals surface area contributed by atoms with Crippen LogP contribution in [0.2, 0.25) is 0 Å². The van der Waals surface area contributed by atoms with E-state index in [1.807, 2.05) is 0 Å². The van der Waals surface area contributed by atoms with Gasteiger partial charge < -0.3 is 0 Å². The Bertz CT molecular complexity index is 1180. The molecule has 0 aliphatic carbocycles. The quantitative estimate of drug-likeness (QED) is 0.284. The Kier molecular flexibility index (Phi) is 4.31. The molecule has 136 valence electrons. The Morgan fingerprint density at radius 1 is 1.04 bits per heavy atom. The third-order valence-electron chi connectivity index (χ3n) is 4.61. The summed E-state index contributed by atoms with van der Waals surface area (Å²) in [5, 5.41) is 21.5. The molecule has 2 aromatic carbocycles. The summed E-state index contributed by atoms with van der Waals surface area (Å²) in [5.74, 6) is 0.666. The summed E-state index contributed by atoms with van der Waals surface area (Å²) in [6.45, 7) is 6.31. The van der Waals surface area contributed by atoms with Crippen molar-refractivity contribution in [1.82, 2.24) is 14.6 Å². The Balaban J connectivity index is 1.74. The number of thioether (sulfide) groups is 1.